The van der Waals surface area contributed by atoms with E-state index < -0.39 is 0 Å². The number of rotatable bonds is 2. The number of hydrogen-bond acceptors (Lipinski definition) is 4. The molecule has 0 bridgehead atoms. The molecule has 0 aromatic carbocycles. The quantitative estimate of drug-likeness (QED) is 0.780. The van der Waals surface area contributed by atoms with Gasteiger partial charge >= 0.3 is 0 Å². The van der Waals surface area contributed by atoms with Crippen LogP contribution >= 0.6 is 11.3 Å². The molecule has 0 atom stereocenters. The van der Waals surface area contributed by atoms with Gasteiger partial charge in [-0.15, -0.1) is 11.3 Å². The first-order valence-electron chi connectivity index (χ1n) is 4.64. The molecule has 0 saturated carbocycles. The molecule has 0 spiro atoms. The Bertz CT molecular complexity index is 466. The van der Waals surface area contributed by atoms with Crippen molar-refractivity contribution in [1.29, 1.82) is 0 Å². The van der Waals surface area contributed by atoms with E-state index in [0.717, 1.165) is 27.6 Å². The lowest BCUT2D eigenvalue weighted by Gasteiger charge is -2.10. The summed E-state index contributed by atoms with van der Waals surface area (Å²) < 4.78 is 5.41. The fourth-order valence-electron chi connectivity index (χ4n) is 1.45. The maximum Gasteiger partial charge on any atom is 0.135 e. The van der Waals surface area contributed by atoms with E-state index in [0.29, 0.717) is 0 Å². The van der Waals surface area contributed by atoms with Gasteiger partial charge in [-0.05, 0) is 13.8 Å². The van der Waals surface area contributed by atoms with Gasteiger partial charge in [0.15, 0.2) is 0 Å². The van der Waals surface area contributed by atoms with Crippen LogP contribution in [0.2, 0.25) is 0 Å². The van der Waals surface area contributed by atoms with Gasteiger partial charge < -0.3 is 4.74 Å². The summed E-state index contributed by atoms with van der Waals surface area (Å²) in [6.45, 7) is 3.99. The minimum Gasteiger partial charge on any atom is -0.496 e. The molecule has 2 aromatic rings. The molecule has 3 nitrogen and oxygen atoms in total. The number of nitrogens with zero attached hydrogens (tertiary/aromatic N) is 2. The first-order chi connectivity index (χ1) is 7.24. The van der Waals surface area contributed by atoms with Gasteiger partial charge in [0, 0.05) is 29.0 Å². The highest BCUT2D eigenvalue weighted by Crippen LogP contribution is 2.34. The zero-order valence-corrected chi connectivity index (χ0v) is 9.76. The summed E-state index contributed by atoms with van der Waals surface area (Å²) in [6.07, 6.45) is 3.61. The molecule has 0 N–H and O–H groups in total. The van der Waals surface area contributed by atoms with Crippen molar-refractivity contribution in [3.8, 4) is 16.3 Å². The summed E-state index contributed by atoms with van der Waals surface area (Å²) in [5, 5.41) is 2.90. The normalized spacial score (nSPS) is 10.3. The maximum absolute atomic E-state index is 5.41. The Morgan fingerprint density at radius 3 is 2.67 bits per heavy atom. The van der Waals surface area contributed by atoms with Crippen LogP contribution in [0.25, 0.3) is 10.6 Å². The summed E-state index contributed by atoms with van der Waals surface area (Å²) in [4.78, 5) is 8.59. The smallest absolute Gasteiger partial charge is 0.135 e. The molecular weight excluding hydrogens is 208 g/mol. The molecule has 0 aliphatic rings. The van der Waals surface area contributed by atoms with Gasteiger partial charge in [0.2, 0.25) is 0 Å². The molecule has 0 amide bonds. The largest absolute Gasteiger partial charge is 0.496 e. The second-order valence-electron chi connectivity index (χ2n) is 3.25. The van der Waals surface area contributed by atoms with Crippen LogP contribution in [0.15, 0.2) is 17.8 Å². The maximum atomic E-state index is 5.41. The van der Waals surface area contributed by atoms with Crippen molar-refractivity contribution in [3.63, 3.8) is 0 Å². The number of methoxy groups -OCH3 is 1. The molecule has 2 aromatic heterocycles. The van der Waals surface area contributed by atoms with Gasteiger partial charge in [-0.1, -0.05) is 0 Å². The molecular formula is C11H12N2OS. The number of ether oxygens (including phenoxy) is 1. The Kier molecular flexibility index (Phi) is 2.68. The third-order valence-corrected chi connectivity index (χ3v) is 3.19. The molecule has 0 aliphatic heterocycles. The fraction of sp³-hybridized carbons (Fsp3) is 0.273. The van der Waals surface area contributed by atoms with Crippen LogP contribution < -0.4 is 4.74 Å². The van der Waals surface area contributed by atoms with Crippen molar-refractivity contribution in [1.82, 2.24) is 9.97 Å². The molecule has 2 heterocycles. The molecule has 0 radical (unpaired) electrons. The van der Waals surface area contributed by atoms with Gasteiger partial charge in [0.05, 0.1) is 12.7 Å². The van der Waals surface area contributed by atoms with Gasteiger partial charge in [-0.25, -0.2) is 4.98 Å². The second kappa shape index (κ2) is 3.98. The van der Waals surface area contributed by atoms with E-state index in [4.69, 9.17) is 4.74 Å². The second-order valence-corrected chi connectivity index (χ2v) is 4.15. The number of hydrogen-bond donors (Lipinski definition) is 0. The number of pyridine rings is 1. The predicted octanol–water partition coefficient (Wildman–Crippen LogP) is 2.83. The van der Waals surface area contributed by atoms with Crippen molar-refractivity contribution in [2.75, 3.05) is 7.11 Å². The molecule has 0 unspecified atom stereocenters. The van der Waals surface area contributed by atoms with Crippen molar-refractivity contribution >= 4 is 11.3 Å². The third-order valence-electron chi connectivity index (χ3n) is 2.38. The van der Waals surface area contributed by atoms with Crippen molar-refractivity contribution < 1.29 is 4.74 Å². The van der Waals surface area contributed by atoms with Gasteiger partial charge in [-0.3, -0.25) is 4.98 Å². The lowest BCUT2D eigenvalue weighted by molar-refractivity contribution is 0.412. The molecule has 4 heteroatoms. The molecule has 2 rings (SSSR count). The van der Waals surface area contributed by atoms with Crippen LogP contribution in [0, 0.1) is 13.8 Å². The average molecular weight is 220 g/mol. The van der Waals surface area contributed by atoms with Crippen molar-refractivity contribution in [2.24, 2.45) is 0 Å². The number of aromatic nitrogens is 2. The summed E-state index contributed by atoms with van der Waals surface area (Å²) in [6, 6.07) is 0. The van der Waals surface area contributed by atoms with E-state index >= 15 is 0 Å². The molecule has 0 saturated heterocycles. The standard InChI is InChI=1S/C11H12N2OS/c1-7-8(2)13-6-9(10(7)14-3)11-12-4-5-15-11/h4-6H,1-3H3. The van der Waals surface area contributed by atoms with E-state index in [1.54, 1.807) is 24.6 Å². The highest BCUT2D eigenvalue weighted by molar-refractivity contribution is 7.13. The van der Waals surface area contributed by atoms with Gasteiger partial charge in [-0.2, -0.15) is 0 Å². The topological polar surface area (TPSA) is 35.0 Å². The highest BCUT2D eigenvalue weighted by Gasteiger charge is 2.12. The first-order valence-corrected chi connectivity index (χ1v) is 5.52. The van der Waals surface area contributed by atoms with Crippen molar-refractivity contribution in [3.05, 3.63) is 29.0 Å². The Morgan fingerprint density at radius 2 is 2.07 bits per heavy atom. The van der Waals surface area contributed by atoms with Crippen LogP contribution in [0.1, 0.15) is 11.3 Å². The van der Waals surface area contributed by atoms with E-state index in [9.17, 15) is 0 Å². The zero-order valence-electron chi connectivity index (χ0n) is 8.94. The summed E-state index contributed by atoms with van der Waals surface area (Å²) >= 11 is 1.59. The van der Waals surface area contributed by atoms with Crippen LogP contribution in [-0.4, -0.2) is 17.1 Å². The van der Waals surface area contributed by atoms with E-state index in [-0.39, 0.29) is 0 Å². The first kappa shape index (κ1) is 10.1. The Morgan fingerprint density at radius 1 is 1.27 bits per heavy atom. The van der Waals surface area contributed by atoms with Crippen LogP contribution in [0.5, 0.6) is 5.75 Å². The average Bonchev–Trinajstić information content (AvgIpc) is 2.75. The van der Waals surface area contributed by atoms with E-state index in [1.165, 1.54) is 0 Å². The summed E-state index contributed by atoms with van der Waals surface area (Å²) in [5.41, 5.74) is 3.04. The Hall–Kier alpha value is -1.42. The lowest BCUT2D eigenvalue weighted by atomic mass is 10.1. The molecule has 0 aliphatic carbocycles. The Balaban J connectivity index is 2.62. The summed E-state index contributed by atoms with van der Waals surface area (Å²) in [5.74, 6) is 0.873. The Labute approximate surface area is 92.8 Å². The lowest BCUT2D eigenvalue weighted by Crippen LogP contribution is -1.96. The van der Waals surface area contributed by atoms with Crippen molar-refractivity contribution in [2.45, 2.75) is 13.8 Å². The van der Waals surface area contributed by atoms with E-state index in [1.807, 2.05) is 25.4 Å². The minimum absolute atomic E-state index is 0.873. The number of aryl methyl sites for hydroxylation is 1. The monoisotopic (exact) mass is 220 g/mol. The van der Waals surface area contributed by atoms with Gasteiger partial charge in [0.1, 0.15) is 10.8 Å². The highest BCUT2D eigenvalue weighted by atomic mass is 32.1. The number of thiazole rings is 1. The third kappa shape index (κ3) is 1.72. The SMILES string of the molecule is COc1c(-c2nccs2)cnc(C)c1C. The molecule has 78 valence electrons. The summed E-state index contributed by atoms with van der Waals surface area (Å²) in [7, 11) is 1.68. The molecule has 15 heavy (non-hydrogen) atoms. The predicted molar refractivity (Wildman–Crippen MR) is 61.4 cm³/mol. The fourth-order valence-corrected chi connectivity index (χ4v) is 2.10. The zero-order chi connectivity index (χ0) is 10.8. The van der Waals surface area contributed by atoms with E-state index in [2.05, 4.69) is 9.97 Å². The van der Waals surface area contributed by atoms with Crippen LogP contribution in [-0.2, 0) is 0 Å². The minimum atomic E-state index is 0.873. The molecule has 0 fully saturated rings. The van der Waals surface area contributed by atoms with Crippen LogP contribution in [0.4, 0.5) is 0 Å². The van der Waals surface area contributed by atoms with Gasteiger partial charge in [0.25, 0.3) is 0 Å². The van der Waals surface area contributed by atoms with Crippen LogP contribution in [0.3, 0.4) is 0 Å².